The average molecular weight is 291 g/mol. The van der Waals surface area contributed by atoms with Gasteiger partial charge < -0.3 is 0 Å². The van der Waals surface area contributed by atoms with Crippen LogP contribution in [0.2, 0.25) is 0 Å². The van der Waals surface area contributed by atoms with Crippen LogP contribution in [0.15, 0.2) is 40.9 Å². The molecule has 0 N–H and O–H groups in total. The molecule has 2 aromatic carbocycles. The Morgan fingerprint density at radius 2 is 1.53 bits per heavy atom. The van der Waals surface area contributed by atoms with Crippen molar-refractivity contribution in [2.75, 3.05) is 0 Å². The van der Waals surface area contributed by atoms with E-state index in [1.54, 1.807) is 6.07 Å². The van der Waals surface area contributed by atoms with Gasteiger partial charge in [0.2, 0.25) is 0 Å². The number of halogens is 2. The Labute approximate surface area is 109 Å². The summed E-state index contributed by atoms with van der Waals surface area (Å²) in [5, 5.41) is 0. The first-order chi connectivity index (χ1) is 8.00. The molecule has 3 rings (SSSR count). The quantitative estimate of drug-likeness (QED) is 0.648. The second kappa shape index (κ2) is 3.42. The highest BCUT2D eigenvalue weighted by Gasteiger charge is 2.35. The van der Waals surface area contributed by atoms with Crippen molar-refractivity contribution in [1.82, 2.24) is 0 Å². The zero-order valence-electron chi connectivity index (χ0n) is 9.72. The predicted octanol–water partition coefficient (Wildman–Crippen LogP) is 4.89. The minimum absolute atomic E-state index is 0.128. The van der Waals surface area contributed by atoms with Gasteiger partial charge in [-0.1, -0.05) is 41.9 Å². The van der Waals surface area contributed by atoms with Crippen molar-refractivity contribution in [3.8, 4) is 11.1 Å². The van der Waals surface area contributed by atoms with Crippen LogP contribution in [0.4, 0.5) is 4.39 Å². The Kier molecular flexibility index (Phi) is 2.21. The third-order valence-electron chi connectivity index (χ3n) is 3.60. The lowest BCUT2D eigenvalue weighted by Gasteiger charge is -2.21. The van der Waals surface area contributed by atoms with Crippen LogP contribution in [-0.4, -0.2) is 0 Å². The molecule has 0 saturated carbocycles. The smallest absolute Gasteiger partial charge is 0.123 e. The molecule has 86 valence electrons. The van der Waals surface area contributed by atoms with E-state index in [1.807, 2.05) is 12.1 Å². The summed E-state index contributed by atoms with van der Waals surface area (Å²) in [5.41, 5.74) is 4.57. The number of hydrogen-bond acceptors (Lipinski definition) is 0. The minimum Gasteiger partial charge on any atom is -0.207 e. The maximum atomic E-state index is 13.4. The Morgan fingerprint density at radius 1 is 0.941 bits per heavy atom. The second-order valence-electron chi connectivity index (χ2n) is 5.00. The van der Waals surface area contributed by atoms with E-state index < -0.39 is 0 Å². The van der Waals surface area contributed by atoms with Gasteiger partial charge in [0.1, 0.15) is 5.82 Å². The van der Waals surface area contributed by atoms with Gasteiger partial charge in [0.25, 0.3) is 0 Å². The minimum atomic E-state index is -0.163. The lowest BCUT2D eigenvalue weighted by molar-refractivity contribution is 0.609. The Bertz CT molecular complexity index is 561. The molecule has 0 saturated heterocycles. The first-order valence-electron chi connectivity index (χ1n) is 5.60. The van der Waals surface area contributed by atoms with Crippen LogP contribution in [0, 0.1) is 5.82 Å². The van der Waals surface area contributed by atoms with E-state index in [4.69, 9.17) is 0 Å². The number of hydrogen-bond donors (Lipinski definition) is 0. The largest absolute Gasteiger partial charge is 0.207 e. The lowest BCUT2D eigenvalue weighted by atomic mass is 9.82. The molecule has 1 aliphatic rings. The van der Waals surface area contributed by atoms with Crippen LogP contribution >= 0.6 is 15.9 Å². The molecule has 0 nitrogen and oxygen atoms in total. The van der Waals surface area contributed by atoms with Crippen LogP contribution in [0.5, 0.6) is 0 Å². The van der Waals surface area contributed by atoms with Crippen LogP contribution in [0.1, 0.15) is 25.0 Å². The topological polar surface area (TPSA) is 0 Å². The number of rotatable bonds is 0. The van der Waals surface area contributed by atoms with E-state index in [9.17, 15) is 4.39 Å². The summed E-state index contributed by atoms with van der Waals surface area (Å²) in [6.45, 7) is 4.28. The fourth-order valence-electron chi connectivity index (χ4n) is 2.68. The summed E-state index contributed by atoms with van der Waals surface area (Å²) in [6, 6.07) is 11.3. The zero-order chi connectivity index (χ0) is 12.2. The molecule has 0 bridgehead atoms. The molecule has 0 unspecified atom stereocenters. The van der Waals surface area contributed by atoms with E-state index in [2.05, 4.69) is 41.9 Å². The van der Waals surface area contributed by atoms with E-state index in [0.717, 1.165) is 15.6 Å². The predicted molar refractivity (Wildman–Crippen MR) is 71.7 cm³/mol. The Hall–Kier alpha value is -1.15. The van der Waals surface area contributed by atoms with Crippen molar-refractivity contribution in [1.29, 1.82) is 0 Å². The van der Waals surface area contributed by atoms with Gasteiger partial charge >= 0.3 is 0 Å². The molecule has 0 fully saturated rings. The number of benzene rings is 2. The highest BCUT2D eigenvalue weighted by Crippen LogP contribution is 2.49. The van der Waals surface area contributed by atoms with E-state index >= 15 is 0 Å². The zero-order valence-corrected chi connectivity index (χ0v) is 11.3. The molecule has 1 aliphatic carbocycles. The summed E-state index contributed by atoms with van der Waals surface area (Å²) in [4.78, 5) is 0. The standard InChI is InChI=1S/C15H12BrF/c1-15(2)13-7-9(16)3-5-11(13)12-6-4-10(17)8-14(12)15/h3-8H,1-2H3. The summed E-state index contributed by atoms with van der Waals surface area (Å²) in [6.07, 6.45) is 0. The molecule has 0 radical (unpaired) electrons. The third kappa shape index (κ3) is 1.47. The summed E-state index contributed by atoms with van der Waals surface area (Å²) < 4.78 is 14.5. The van der Waals surface area contributed by atoms with Gasteiger partial charge in [-0.2, -0.15) is 0 Å². The van der Waals surface area contributed by atoms with E-state index in [-0.39, 0.29) is 11.2 Å². The SMILES string of the molecule is CC1(C)c2cc(F)ccc2-c2ccc(Br)cc21. The van der Waals surface area contributed by atoms with Gasteiger partial charge in [-0.05, 0) is 46.5 Å². The normalized spacial score (nSPS) is 15.5. The molecular weight excluding hydrogens is 279 g/mol. The molecule has 0 amide bonds. The van der Waals surface area contributed by atoms with Crippen molar-refractivity contribution in [3.05, 3.63) is 57.8 Å². The molecule has 0 aliphatic heterocycles. The molecule has 0 atom stereocenters. The molecule has 0 aromatic heterocycles. The first kappa shape index (κ1) is 11.0. The fraction of sp³-hybridized carbons (Fsp3) is 0.200. The highest BCUT2D eigenvalue weighted by atomic mass is 79.9. The van der Waals surface area contributed by atoms with Gasteiger partial charge in [0.15, 0.2) is 0 Å². The van der Waals surface area contributed by atoms with Crippen molar-refractivity contribution in [2.24, 2.45) is 0 Å². The van der Waals surface area contributed by atoms with Gasteiger partial charge in [0.05, 0.1) is 0 Å². The van der Waals surface area contributed by atoms with Gasteiger partial charge in [-0.25, -0.2) is 4.39 Å². The second-order valence-corrected chi connectivity index (χ2v) is 5.92. The maximum Gasteiger partial charge on any atom is 0.123 e. The van der Waals surface area contributed by atoms with E-state index in [0.29, 0.717) is 0 Å². The van der Waals surface area contributed by atoms with Crippen molar-refractivity contribution in [3.63, 3.8) is 0 Å². The Morgan fingerprint density at radius 3 is 2.24 bits per heavy atom. The molecular formula is C15H12BrF. The van der Waals surface area contributed by atoms with Gasteiger partial charge in [-0.3, -0.25) is 0 Å². The molecule has 17 heavy (non-hydrogen) atoms. The first-order valence-corrected chi connectivity index (χ1v) is 6.40. The van der Waals surface area contributed by atoms with Crippen LogP contribution < -0.4 is 0 Å². The van der Waals surface area contributed by atoms with Crippen LogP contribution in [0.3, 0.4) is 0 Å². The lowest BCUT2D eigenvalue weighted by Crippen LogP contribution is -2.15. The molecule has 2 heteroatoms. The van der Waals surface area contributed by atoms with Crippen molar-refractivity contribution >= 4 is 15.9 Å². The highest BCUT2D eigenvalue weighted by molar-refractivity contribution is 9.10. The molecule has 0 spiro atoms. The maximum absolute atomic E-state index is 13.4. The third-order valence-corrected chi connectivity index (χ3v) is 4.09. The van der Waals surface area contributed by atoms with Gasteiger partial charge in [0, 0.05) is 9.89 Å². The van der Waals surface area contributed by atoms with Gasteiger partial charge in [-0.15, -0.1) is 0 Å². The van der Waals surface area contributed by atoms with E-state index in [1.165, 1.54) is 17.2 Å². The number of fused-ring (bicyclic) bond motifs is 3. The molecule has 0 heterocycles. The van der Waals surface area contributed by atoms with Crippen LogP contribution in [0.25, 0.3) is 11.1 Å². The summed E-state index contributed by atoms with van der Waals surface area (Å²) in [5.74, 6) is -0.163. The average Bonchev–Trinajstić information content (AvgIpc) is 2.49. The van der Waals surface area contributed by atoms with Crippen molar-refractivity contribution in [2.45, 2.75) is 19.3 Å². The summed E-state index contributed by atoms with van der Waals surface area (Å²) >= 11 is 3.50. The fourth-order valence-corrected chi connectivity index (χ4v) is 3.04. The Balaban J connectivity index is 2.37. The monoisotopic (exact) mass is 290 g/mol. The molecule has 2 aromatic rings. The van der Waals surface area contributed by atoms with Crippen LogP contribution in [-0.2, 0) is 5.41 Å². The van der Waals surface area contributed by atoms with Crippen molar-refractivity contribution < 1.29 is 4.39 Å². The summed E-state index contributed by atoms with van der Waals surface area (Å²) in [7, 11) is 0.